The summed E-state index contributed by atoms with van der Waals surface area (Å²) in [4.78, 5) is 17.3. The van der Waals surface area contributed by atoms with Gasteiger partial charge in [-0.2, -0.15) is 4.80 Å². The van der Waals surface area contributed by atoms with Crippen LogP contribution in [0.3, 0.4) is 0 Å². The Bertz CT molecular complexity index is 670. The number of aliphatic hydroxyl groups is 1. The maximum absolute atomic E-state index is 12.1. The molecule has 1 amide bonds. The number of anilines is 1. The Balaban J connectivity index is 2.19. The third kappa shape index (κ3) is 3.37. The highest BCUT2D eigenvalue weighted by molar-refractivity contribution is 6.03. The number of nitrogens with one attached hydrogen (secondary N) is 1. The minimum atomic E-state index is -0.466. The summed E-state index contributed by atoms with van der Waals surface area (Å²) >= 11 is 0. The SMILES string of the molecule is Cn1nnc(NC(=O)c2ncccc2C#CCCO)n1. The highest BCUT2D eigenvalue weighted by Crippen LogP contribution is 2.06. The van der Waals surface area contributed by atoms with E-state index in [-0.39, 0.29) is 18.2 Å². The van der Waals surface area contributed by atoms with Crippen molar-refractivity contribution in [3.63, 3.8) is 0 Å². The summed E-state index contributed by atoms with van der Waals surface area (Å²) in [5, 5.41) is 22.3. The average Bonchev–Trinajstić information content (AvgIpc) is 2.85. The summed E-state index contributed by atoms with van der Waals surface area (Å²) in [6, 6.07) is 3.36. The predicted molar refractivity (Wildman–Crippen MR) is 69.6 cm³/mol. The van der Waals surface area contributed by atoms with Crippen LogP contribution < -0.4 is 5.32 Å². The fourth-order valence-electron chi connectivity index (χ4n) is 1.40. The highest BCUT2D eigenvalue weighted by Gasteiger charge is 2.13. The van der Waals surface area contributed by atoms with Gasteiger partial charge >= 0.3 is 0 Å². The van der Waals surface area contributed by atoms with E-state index in [9.17, 15) is 4.79 Å². The smallest absolute Gasteiger partial charge is 0.277 e. The molecule has 0 aliphatic rings. The zero-order valence-corrected chi connectivity index (χ0v) is 10.7. The van der Waals surface area contributed by atoms with Crippen molar-refractivity contribution in [1.82, 2.24) is 25.2 Å². The summed E-state index contributed by atoms with van der Waals surface area (Å²) in [5.74, 6) is 5.17. The number of pyridine rings is 1. The van der Waals surface area contributed by atoms with E-state index < -0.39 is 5.91 Å². The normalized spacial score (nSPS) is 9.70. The minimum absolute atomic E-state index is 0.0294. The summed E-state index contributed by atoms with van der Waals surface area (Å²) in [7, 11) is 1.59. The summed E-state index contributed by atoms with van der Waals surface area (Å²) in [6.07, 6.45) is 1.83. The van der Waals surface area contributed by atoms with Crippen molar-refractivity contribution in [2.45, 2.75) is 6.42 Å². The lowest BCUT2D eigenvalue weighted by Crippen LogP contribution is -2.16. The van der Waals surface area contributed by atoms with Crippen LogP contribution in [0.2, 0.25) is 0 Å². The van der Waals surface area contributed by atoms with Crippen molar-refractivity contribution < 1.29 is 9.90 Å². The van der Waals surface area contributed by atoms with Crippen LogP contribution in [0.25, 0.3) is 0 Å². The molecule has 2 aromatic heterocycles. The Hall–Kier alpha value is -2.79. The van der Waals surface area contributed by atoms with Crippen molar-refractivity contribution >= 4 is 11.9 Å². The molecule has 0 aliphatic heterocycles. The fraction of sp³-hybridized carbons (Fsp3) is 0.250. The van der Waals surface area contributed by atoms with Crippen LogP contribution in [0.15, 0.2) is 18.3 Å². The molecule has 0 fully saturated rings. The molecule has 0 spiro atoms. The maximum atomic E-state index is 12.1. The molecule has 8 nitrogen and oxygen atoms in total. The summed E-state index contributed by atoms with van der Waals surface area (Å²) in [5.41, 5.74) is 0.646. The van der Waals surface area contributed by atoms with Gasteiger partial charge < -0.3 is 5.11 Å². The molecule has 0 unspecified atom stereocenters. The monoisotopic (exact) mass is 272 g/mol. The number of aryl methyl sites for hydroxylation is 1. The van der Waals surface area contributed by atoms with E-state index in [1.165, 1.54) is 11.0 Å². The first kappa shape index (κ1) is 13.6. The van der Waals surface area contributed by atoms with Crippen molar-refractivity contribution in [3.8, 4) is 11.8 Å². The van der Waals surface area contributed by atoms with Crippen LogP contribution >= 0.6 is 0 Å². The van der Waals surface area contributed by atoms with E-state index in [0.29, 0.717) is 12.0 Å². The molecule has 0 radical (unpaired) electrons. The summed E-state index contributed by atoms with van der Waals surface area (Å²) < 4.78 is 0. The maximum Gasteiger partial charge on any atom is 0.277 e. The molecule has 102 valence electrons. The Kier molecular flexibility index (Phi) is 4.36. The van der Waals surface area contributed by atoms with Gasteiger partial charge in [-0.05, 0) is 17.3 Å². The van der Waals surface area contributed by atoms with E-state index in [4.69, 9.17) is 5.11 Å². The number of carbonyl (C=O) groups is 1. The first-order chi connectivity index (χ1) is 9.70. The second-order valence-electron chi connectivity index (χ2n) is 3.73. The van der Waals surface area contributed by atoms with Crippen LogP contribution in [0.4, 0.5) is 5.95 Å². The van der Waals surface area contributed by atoms with Gasteiger partial charge in [0.2, 0.25) is 0 Å². The molecule has 20 heavy (non-hydrogen) atoms. The molecule has 0 atom stereocenters. The second-order valence-corrected chi connectivity index (χ2v) is 3.73. The number of carbonyl (C=O) groups excluding carboxylic acids is 1. The van der Waals surface area contributed by atoms with Crippen LogP contribution in [0.1, 0.15) is 22.5 Å². The van der Waals surface area contributed by atoms with Gasteiger partial charge in [-0.15, -0.1) is 5.10 Å². The molecule has 2 aromatic rings. The average molecular weight is 272 g/mol. The van der Waals surface area contributed by atoms with Gasteiger partial charge in [-0.1, -0.05) is 16.9 Å². The molecular weight excluding hydrogens is 260 g/mol. The zero-order chi connectivity index (χ0) is 14.4. The number of hydrogen-bond donors (Lipinski definition) is 2. The first-order valence-corrected chi connectivity index (χ1v) is 5.81. The molecular formula is C12H12N6O2. The van der Waals surface area contributed by atoms with E-state index in [1.807, 2.05) is 0 Å². The topological polar surface area (TPSA) is 106 Å². The van der Waals surface area contributed by atoms with Gasteiger partial charge in [0.25, 0.3) is 11.9 Å². The first-order valence-electron chi connectivity index (χ1n) is 5.81. The van der Waals surface area contributed by atoms with Gasteiger partial charge in [0.1, 0.15) is 5.69 Å². The lowest BCUT2D eigenvalue weighted by molar-refractivity contribution is 0.102. The third-order valence-corrected chi connectivity index (χ3v) is 2.22. The number of tetrazole rings is 1. The molecule has 0 saturated heterocycles. The van der Waals surface area contributed by atoms with Crippen LogP contribution in [0, 0.1) is 11.8 Å². The number of rotatable bonds is 3. The van der Waals surface area contributed by atoms with Gasteiger partial charge in [0.15, 0.2) is 0 Å². The molecule has 2 heterocycles. The lowest BCUT2D eigenvalue weighted by Gasteiger charge is -2.02. The standard InChI is InChI=1S/C12H12N6O2/c1-18-16-12(15-17-18)14-11(20)10-9(5-2-3-8-19)6-4-7-13-10/h4,6-7,19H,3,8H2,1H3,(H,14,16,20). The van der Waals surface area contributed by atoms with E-state index >= 15 is 0 Å². The lowest BCUT2D eigenvalue weighted by atomic mass is 10.2. The molecule has 0 saturated carbocycles. The molecule has 0 aromatic carbocycles. The fourth-order valence-corrected chi connectivity index (χ4v) is 1.40. The quantitative estimate of drug-likeness (QED) is 0.736. The largest absolute Gasteiger partial charge is 0.395 e. The van der Waals surface area contributed by atoms with Gasteiger partial charge in [-0.3, -0.25) is 10.1 Å². The van der Waals surface area contributed by atoms with E-state index in [1.54, 1.807) is 19.2 Å². The van der Waals surface area contributed by atoms with Crippen molar-refractivity contribution in [2.24, 2.45) is 7.05 Å². The van der Waals surface area contributed by atoms with Crippen molar-refractivity contribution in [3.05, 3.63) is 29.6 Å². The van der Waals surface area contributed by atoms with Crippen LogP contribution in [-0.2, 0) is 7.05 Å². The van der Waals surface area contributed by atoms with Gasteiger partial charge in [0, 0.05) is 12.6 Å². The van der Waals surface area contributed by atoms with E-state index in [2.05, 4.69) is 37.6 Å². The molecule has 8 heteroatoms. The Morgan fingerprint density at radius 1 is 1.55 bits per heavy atom. The van der Waals surface area contributed by atoms with E-state index in [0.717, 1.165) is 0 Å². The minimum Gasteiger partial charge on any atom is -0.395 e. The number of aliphatic hydroxyl groups excluding tert-OH is 1. The molecule has 0 aliphatic carbocycles. The summed E-state index contributed by atoms with van der Waals surface area (Å²) in [6.45, 7) is -0.0294. The molecule has 2 rings (SSSR count). The number of aromatic nitrogens is 5. The molecule has 0 bridgehead atoms. The van der Waals surface area contributed by atoms with Crippen molar-refractivity contribution in [1.29, 1.82) is 0 Å². The number of nitrogens with zero attached hydrogens (tertiary/aromatic N) is 5. The van der Waals surface area contributed by atoms with Crippen LogP contribution in [-0.4, -0.2) is 42.8 Å². The predicted octanol–water partition coefficient (Wildman–Crippen LogP) is -0.409. The van der Waals surface area contributed by atoms with Gasteiger partial charge in [0.05, 0.1) is 19.2 Å². The number of amides is 1. The zero-order valence-electron chi connectivity index (χ0n) is 10.7. The van der Waals surface area contributed by atoms with Gasteiger partial charge in [-0.25, -0.2) is 4.98 Å². The molecule has 2 N–H and O–H groups in total. The Morgan fingerprint density at radius 2 is 2.40 bits per heavy atom. The Morgan fingerprint density at radius 3 is 3.10 bits per heavy atom. The Labute approximate surface area is 114 Å². The van der Waals surface area contributed by atoms with Crippen molar-refractivity contribution in [2.75, 3.05) is 11.9 Å². The number of hydrogen-bond acceptors (Lipinski definition) is 6. The highest BCUT2D eigenvalue weighted by atomic mass is 16.2. The third-order valence-electron chi connectivity index (χ3n) is 2.22. The second kappa shape index (κ2) is 6.40. The van der Waals surface area contributed by atoms with Crippen LogP contribution in [0.5, 0.6) is 0 Å².